The second-order valence-corrected chi connectivity index (χ2v) is 8.43. The molecule has 0 aliphatic heterocycles. The summed E-state index contributed by atoms with van der Waals surface area (Å²) in [5.41, 5.74) is 11.8. The maximum absolute atomic E-state index is 10.8. The van der Waals surface area contributed by atoms with E-state index in [-0.39, 0.29) is 16.5 Å². The van der Waals surface area contributed by atoms with E-state index in [1.165, 1.54) is 0 Å². The first-order valence-electron chi connectivity index (χ1n) is 11.0. The van der Waals surface area contributed by atoms with Gasteiger partial charge < -0.3 is 20.7 Å². The Balaban J connectivity index is 1.39. The van der Waals surface area contributed by atoms with Crippen LogP contribution in [0.5, 0.6) is 5.88 Å². The largest absolute Gasteiger partial charge is 0.494 e. The number of nitrogen functional groups attached to an aromatic ring is 1. The molecule has 0 atom stereocenters. The van der Waals surface area contributed by atoms with Crippen molar-refractivity contribution in [2.24, 2.45) is 4.99 Å². The second kappa shape index (κ2) is 9.76. The van der Waals surface area contributed by atoms with Gasteiger partial charge in [-0.15, -0.1) is 0 Å². The third-order valence-electron chi connectivity index (χ3n) is 5.78. The van der Waals surface area contributed by atoms with E-state index in [1.807, 2.05) is 50.4 Å². The van der Waals surface area contributed by atoms with Gasteiger partial charge in [-0.1, -0.05) is 24.3 Å². The molecule has 1 aromatic heterocycles. The summed E-state index contributed by atoms with van der Waals surface area (Å²) in [4.78, 5) is 20.3. The monoisotopic (exact) mass is 457 g/mol. The molecule has 0 aliphatic carbocycles. The van der Waals surface area contributed by atoms with Gasteiger partial charge in [0, 0.05) is 41.8 Å². The van der Waals surface area contributed by atoms with Crippen LogP contribution in [0.1, 0.15) is 23.6 Å². The average Bonchev–Trinajstić information content (AvgIpc) is 3.14. The first kappa shape index (κ1) is 23.0. The van der Waals surface area contributed by atoms with Crippen molar-refractivity contribution < 1.29 is 10.0 Å². The van der Waals surface area contributed by atoms with Crippen LogP contribution in [0.25, 0.3) is 10.9 Å². The predicted octanol–water partition coefficient (Wildman–Crippen LogP) is 5.18. The molecule has 34 heavy (non-hydrogen) atoms. The lowest BCUT2D eigenvalue weighted by atomic mass is 10.1. The average molecular weight is 458 g/mol. The summed E-state index contributed by atoms with van der Waals surface area (Å²) < 4.78 is 0. The van der Waals surface area contributed by atoms with Gasteiger partial charge >= 0.3 is 0 Å². The summed E-state index contributed by atoms with van der Waals surface area (Å²) >= 11 is 0. The van der Waals surface area contributed by atoms with E-state index in [0.717, 1.165) is 47.2 Å². The molecule has 4 rings (SSSR count). The van der Waals surface area contributed by atoms with Crippen molar-refractivity contribution in [1.29, 1.82) is 0 Å². The highest BCUT2D eigenvalue weighted by molar-refractivity contribution is 6.13. The molecule has 0 saturated carbocycles. The Morgan fingerprint density at radius 1 is 1.09 bits per heavy atom. The van der Waals surface area contributed by atoms with E-state index in [1.54, 1.807) is 30.3 Å². The van der Waals surface area contributed by atoms with Crippen LogP contribution in [0.2, 0.25) is 0 Å². The number of nitrogens with one attached hydrogen (secondary N) is 1. The Morgan fingerprint density at radius 3 is 2.44 bits per heavy atom. The third-order valence-corrected chi connectivity index (χ3v) is 5.78. The van der Waals surface area contributed by atoms with Crippen LogP contribution in [0.4, 0.5) is 17.1 Å². The minimum Gasteiger partial charge on any atom is -0.494 e. The maximum atomic E-state index is 10.8. The van der Waals surface area contributed by atoms with Gasteiger partial charge in [0.15, 0.2) is 5.88 Å². The Kier molecular flexibility index (Phi) is 6.60. The molecule has 0 radical (unpaired) electrons. The number of rotatable bonds is 8. The Bertz CT molecular complexity index is 1340. The van der Waals surface area contributed by atoms with E-state index in [2.05, 4.69) is 9.88 Å². The lowest BCUT2D eigenvalue weighted by Crippen LogP contribution is -2.20. The number of nitro benzene ring substituents is 1. The predicted molar refractivity (Wildman–Crippen MR) is 136 cm³/mol. The number of aromatic nitrogens is 1. The van der Waals surface area contributed by atoms with Gasteiger partial charge in [0.05, 0.1) is 21.9 Å². The second-order valence-electron chi connectivity index (χ2n) is 8.43. The zero-order valence-corrected chi connectivity index (χ0v) is 19.2. The van der Waals surface area contributed by atoms with Gasteiger partial charge in [0.1, 0.15) is 0 Å². The molecule has 8 nitrogen and oxygen atoms in total. The molecule has 3 aromatic carbocycles. The number of anilines is 1. The summed E-state index contributed by atoms with van der Waals surface area (Å²) in [7, 11) is 2.05. The van der Waals surface area contributed by atoms with Gasteiger partial charge in [-0.2, -0.15) is 0 Å². The standard InChI is InChI=1S/C26H27N5O3/c1-17(25-23-15-20(27)7-12-24(23)29-26(25)32)28-21-8-3-19(4-9-21)16-30(2)14-13-18-5-10-22(11-6-18)31(33)34/h3-12,15,29,32H,13-14,16,27H2,1-2H3. The first-order chi connectivity index (χ1) is 16.3. The molecule has 1 heterocycles. The van der Waals surface area contributed by atoms with E-state index in [9.17, 15) is 15.2 Å². The Labute approximate surface area is 197 Å². The number of hydrogen-bond acceptors (Lipinski definition) is 6. The number of nitrogens with two attached hydrogens (primary N) is 1. The van der Waals surface area contributed by atoms with E-state index in [0.29, 0.717) is 17.0 Å². The van der Waals surface area contributed by atoms with Gasteiger partial charge in [0.2, 0.25) is 0 Å². The van der Waals surface area contributed by atoms with Gasteiger partial charge in [-0.05, 0) is 61.9 Å². The SMILES string of the molecule is CC(=Nc1ccc(CN(C)CCc2ccc([N+](=O)[O-])cc2)cc1)c1c(O)[nH]c2ccc(N)cc12. The molecule has 0 spiro atoms. The van der Waals surface area contributed by atoms with Gasteiger partial charge in [-0.3, -0.25) is 15.1 Å². The van der Waals surface area contributed by atoms with Crippen LogP contribution < -0.4 is 5.73 Å². The van der Waals surface area contributed by atoms with Gasteiger partial charge in [0.25, 0.3) is 5.69 Å². The summed E-state index contributed by atoms with van der Waals surface area (Å²) in [5.74, 6) is 0.0770. The molecule has 0 saturated heterocycles. The highest BCUT2D eigenvalue weighted by Gasteiger charge is 2.14. The quantitative estimate of drug-likeness (QED) is 0.146. The lowest BCUT2D eigenvalue weighted by molar-refractivity contribution is -0.384. The van der Waals surface area contributed by atoms with Crippen molar-refractivity contribution in [3.8, 4) is 5.88 Å². The third kappa shape index (κ3) is 5.24. The van der Waals surface area contributed by atoms with Crippen LogP contribution in [0.15, 0.2) is 71.7 Å². The molecular weight excluding hydrogens is 430 g/mol. The number of nitro groups is 1. The minimum absolute atomic E-state index is 0.0770. The number of fused-ring (bicyclic) bond motifs is 1. The summed E-state index contributed by atoms with van der Waals surface area (Å²) in [6, 6.07) is 20.2. The molecule has 8 heteroatoms. The van der Waals surface area contributed by atoms with Crippen molar-refractivity contribution in [3.63, 3.8) is 0 Å². The summed E-state index contributed by atoms with van der Waals surface area (Å²) in [5, 5.41) is 22.0. The number of hydrogen-bond donors (Lipinski definition) is 3. The fraction of sp³-hybridized carbons (Fsp3) is 0.192. The smallest absolute Gasteiger partial charge is 0.269 e. The van der Waals surface area contributed by atoms with Crippen LogP contribution in [-0.2, 0) is 13.0 Å². The van der Waals surface area contributed by atoms with E-state index >= 15 is 0 Å². The number of nitrogens with zero attached hydrogens (tertiary/aromatic N) is 3. The zero-order chi connectivity index (χ0) is 24.2. The molecule has 0 unspecified atom stereocenters. The molecule has 0 fully saturated rings. The Hall–Kier alpha value is -4.17. The first-order valence-corrected chi connectivity index (χ1v) is 11.0. The number of non-ortho nitro benzene ring substituents is 1. The van der Waals surface area contributed by atoms with Crippen molar-refractivity contribution in [3.05, 3.63) is 93.5 Å². The van der Waals surface area contributed by atoms with Gasteiger partial charge in [-0.25, -0.2) is 0 Å². The normalized spacial score (nSPS) is 11.9. The van der Waals surface area contributed by atoms with Crippen LogP contribution in [0.3, 0.4) is 0 Å². The van der Waals surface area contributed by atoms with E-state index < -0.39 is 0 Å². The number of likely N-dealkylation sites (N-methyl/N-ethyl adjacent to an activating group) is 1. The molecule has 0 amide bonds. The highest BCUT2D eigenvalue weighted by Crippen LogP contribution is 2.30. The summed E-state index contributed by atoms with van der Waals surface area (Å²) in [6.07, 6.45) is 0.814. The zero-order valence-electron chi connectivity index (χ0n) is 19.2. The number of aliphatic imine (C=N–C) groups is 1. The van der Waals surface area contributed by atoms with Crippen LogP contribution >= 0.6 is 0 Å². The van der Waals surface area contributed by atoms with Crippen molar-refractivity contribution in [2.75, 3.05) is 19.3 Å². The minimum atomic E-state index is -0.385. The summed E-state index contributed by atoms with van der Waals surface area (Å²) in [6.45, 7) is 3.48. The van der Waals surface area contributed by atoms with Crippen molar-refractivity contribution >= 4 is 33.7 Å². The topological polar surface area (TPSA) is 121 Å². The molecule has 4 N–H and O–H groups in total. The van der Waals surface area contributed by atoms with Crippen molar-refractivity contribution in [1.82, 2.24) is 9.88 Å². The number of aromatic amines is 1. The number of H-pyrrole nitrogens is 1. The molecule has 174 valence electrons. The molecule has 0 aliphatic rings. The lowest BCUT2D eigenvalue weighted by Gasteiger charge is -2.16. The van der Waals surface area contributed by atoms with Crippen LogP contribution in [-0.4, -0.2) is 39.2 Å². The molecule has 4 aromatic rings. The highest BCUT2D eigenvalue weighted by atomic mass is 16.6. The van der Waals surface area contributed by atoms with Crippen molar-refractivity contribution in [2.45, 2.75) is 19.9 Å². The molecule has 0 bridgehead atoms. The fourth-order valence-corrected chi connectivity index (χ4v) is 3.98. The number of benzene rings is 3. The van der Waals surface area contributed by atoms with E-state index in [4.69, 9.17) is 10.7 Å². The number of aromatic hydroxyl groups is 1. The Morgan fingerprint density at radius 2 is 1.76 bits per heavy atom. The fourth-order valence-electron chi connectivity index (χ4n) is 3.98. The maximum Gasteiger partial charge on any atom is 0.269 e. The van der Waals surface area contributed by atoms with Crippen LogP contribution in [0, 0.1) is 10.1 Å². The molecular formula is C26H27N5O3.